The number of pyridine rings is 1. The van der Waals surface area contributed by atoms with Crippen LogP contribution in [0.4, 0.5) is 0 Å². The molecule has 0 saturated carbocycles. The van der Waals surface area contributed by atoms with Crippen LogP contribution >= 0.6 is 0 Å². The lowest BCUT2D eigenvalue weighted by Crippen LogP contribution is -2.70. The molecule has 2 aliphatic rings. The molecule has 0 N–H and O–H groups in total. The molecule has 7 rings (SSSR count). The van der Waals surface area contributed by atoms with Crippen LogP contribution in [0.2, 0.25) is 0 Å². The molecule has 0 amide bonds. The lowest BCUT2D eigenvalue weighted by molar-refractivity contribution is 1.35. The second kappa shape index (κ2) is 6.13. The Bertz CT molecular complexity index is 1420. The number of benzene rings is 4. The van der Waals surface area contributed by atoms with Crippen molar-refractivity contribution in [3.63, 3.8) is 0 Å². The molecule has 0 saturated heterocycles. The van der Waals surface area contributed by atoms with Crippen molar-refractivity contribution in [1.82, 2.24) is 4.98 Å². The van der Waals surface area contributed by atoms with Crippen molar-refractivity contribution in [3.8, 4) is 33.5 Å². The van der Waals surface area contributed by atoms with Crippen molar-refractivity contribution in [2.24, 2.45) is 0 Å². The number of aromatic nitrogens is 1. The first-order chi connectivity index (χ1) is 15.4. The molecule has 2 heteroatoms. The van der Waals surface area contributed by atoms with Gasteiger partial charge < -0.3 is 0 Å². The highest BCUT2D eigenvalue weighted by Gasteiger charge is 2.54. The van der Waals surface area contributed by atoms with Crippen LogP contribution < -0.4 is 20.7 Å². The predicted octanol–water partition coefficient (Wildman–Crippen LogP) is 4.09. The van der Waals surface area contributed by atoms with Gasteiger partial charge in [0.25, 0.3) is 0 Å². The minimum absolute atomic E-state index is 1.16. The van der Waals surface area contributed by atoms with Gasteiger partial charge in [0.05, 0.1) is 5.69 Å². The third-order valence-electron chi connectivity index (χ3n) is 6.95. The fraction of sp³-hybridized carbons (Fsp3) is 0. The van der Waals surface area contributed by atoms with Crippen molar-refractivity contribution in [2.75, 3.05) is 0 Å². The van der Waals surface area contributed by atoms with Crippen LogP contribution in [-0.4, -0.2) is 13.1 Å². The number of fused-ring (bicyclic) bond motifs is 10. The summed E-state index contributed by atoms with van der Waals surface area (Å²) in [7, 11) is -2.38. The molecule has 1 nitrogen and oxygen atoms in total. The van der Waals surface area contributed by atoms with Crippen LogP contribution in [0, 0.1) is 0 Å². The lowest BCUT2D eigenvalue weighted by atomic mass is 10.0. The van der Waals surface area contributed by atoms with E-state index in [2.05, 4.69) is 109 Å². The zero-order valence-corrected chi connectivity index (χ0v) is 17.9. The normalized spacial score (nSPS) is 14.1. The third kappa shape index (κ3) is 2.07. The first kappa shape index (κ1) is 17.0. The van der Waals surface area contributed by atoms with Crippen LogP contribution in [0.1, 0.15) is 0 Å². The molecular formula is C29H19NSi. The molecule has 0 bridgehead atoms. The third-order valence-corrected chi connectivity index (χ3v) is 11.9. The highest BCUT2D eigenvalue weighted by atomic mass is 28.3. The van der Waals surface area contributed by atoms with Gasteiger partial charge in [-0.05, 0) is 49.1 Å². The Morgan fingerprint density at radius 1 is 0.452 bits per heavy atom. The summed E-state index contributed by atoms with van der Waals surface area (Å²) in [5.74, 6) is 0. The van der Waals surface area contributed by atoms with E-state index in [1.807, 2.05) is 6.20 Å². The number of hydrogen-bond donors (Lipinski definition) is 0. The van der Waals surface area contributed by atoms with E-state index in [1.165, 1.54) is 48.6 Å². The summed E-state index contributed by atoms with van der Waals surface area (Å²) < 4.78 is 0. The van der Waals surface area contributed by atoms with Gasteiger partial charge in [0.2, 0.25) is 0 Å². The molecular weight excluding hydrogens is 390 g/mol. The second-order valence-electron chi connectivity index (χ2n) is 8.37. The molecule has 0 radical (unpaired) electrons. The van der Waals surface area contributed by atoms with Gasteiger partial charge in [-0.3, -0.25) is 4.98 Å². The molecule has 5 aromatic rings. The molecule has 0 atom stereocenters. The summed E-state index contributed by atoms with van der Waals surface area (Å²) in [6.45, 7) is 0. The van der Waals surface area contributed by atoms with Gasteiger partial charge in [0, 0.05) is 11.8 Å². The van der Waals surface area contributed by atoms with Crippen LogP contribution in [-0.2, 0) is 0 Å². The highest BCUT2D eigenvalue weighted by Crippen LogP contribution is 2.36. The number of hydrogen-bond acceptors (Lipinski definition) is 1. The minimum atomic E-state index is -2.38. The van der Waals surface area contributed by atoms with E-state index in [4.69, 9.17) is 4.98 Å². The van der Waals surface area contributed by atoms with Crippen molar-refractivity contribution in [3.05, 3.63) is 115 Å². The van der Waals surface area contributed by atoms with Gasteiger partial charge >= 0.3 is 0 Å². The van der Waals surface area contributed by atoms with E-state index in [-0.39, 0.29) is 0 Å². The molecule has 1 aromatic heterocycles. The van der Waals surface area contributed by atoms with E-state index < -0.39 is 8.07 Å². The fourth-order valence-corrected chi connectivity index (χ4v) is 11.3. The van der Waals surface area contributed by atoms with Gasteiger partial charge in [-0.25, -0.2) is 0 Å². The average molecular weight is 410 g/mol. The minimum Gasteiger partial charge on any atom is -0.256 e. The zero-order valence-electron chi connectivity index (χ0n) is 16.9. The first-order valence-corrected chi connectivity index (χ1v) is 12.7. The Labute approximate surface area is 182 Å². The Balaban J connectivity index is 1.64. The SMILES string of the molecule is c1ccc(-c2ccc3c(c2)[Si]2(c4ccccc4-c4ccccc42)c2cccnc2-3)cc1. The van der Waals surface area contributed by atoms with Crippen molar-refractivity contribution in [2.45, 2.75) is 0 Å². The number of rotatable bonds is 1. The largest absolute Gasteiger partial charge is 0.256 e. The lowest BCUT2D eigenvalue weighted by Gasteiger charge is -2.27. The van der Waals surface area contributed by atoms with E-state index in [1.54, 1.807) is 0 Å². The summed E-state index contributed by atoms with van der Waals surface area (Å²) in [5.41, 5.74) is 7.78. The van der Waals surface area contributed by atoms with Gasteiger partial charge in [-0.2, -0.15) is 0 Å². The van der Waals surface area contributed by atoms with Gasteiger partial charge in [0.15, 0.2) is 8.07 Å². The second-order valence-corrected chi connectivity index (χ2v) is 12.0. The molecule has 0 fully saturated rings. The summed E-state index contributed by atoms with van der Waals surface area (Å²) in [4.78, 5) is 4.90. The fourth-order valence-electron chi connectivity index (χ4n) is 5.75. The Hall–Kier alpha value is -3.75. The maximum atomic E-state index is 4.90. The topological polar surface area (TPSA) is 12.9 Å². The van der Waals surface area contributed by atoms with Gasteiger partial charge in [-0.1, -0.05) is 103 Å². The quantitative estimate of drug-likeness (QED) is 0.372. The summed E-state index contributed by atoms with van der Waals surface area (Å²) in [6.07, 6.45) is 1.94. The van der Waals surface area contributed by atoms with Crippen LogP contribution in [0.5, 0.6) is 0 Å². The smallest absolute Gasteiger partial charge is 0.183 e. The Morgan fingerprint density at radius 2 is 1.10 bits per heavy atom. The van der Waals surface area contributed by atoms with E-state index in [0.717, 1.165) is 5.69 Å². The van der Waals surface area contributed by atoms with Gasteiger partial charge in [-0.15, -0.1) is 0 Å². The number of nitrogens with zero attached hydrogens (tertiary/aromatic N) is 1. The summed E-state index contributed by atoms with van der Waals surface area (Å²) in [6, 6.07) is 40.2. The predicted molar refractivity (Wildman–Crippen MR) is 131 cm³/mol. The van der Waals surface area contributed by atoms with Crippen LogP contribution in [0.25, 0.3) is 33.5 Å². The molecule has 2 aliphatic heterocycles. The molecule has 4 aromatic carbocycles. The Kier molecular flexibility index (Phi) is 3.36. The molecule has 1 spiro atoms. The maximum absolute atomic E-state index is 4.90. The molecule has 0 aliphatic carbocycles. The molecule has 3 heterocycles. The molecule has 31 heavy (non-hydrogen) atoms. The summed E-state index contributed by atoms with van der Waals surface area (Å²) >= 11 is 0. The maximum Gasteiger partial charge on any atom is 0.183 e. The van der Waals surface area contributed by atoms with E-state index >= 15 is 0 Å². The molecule has 0 unspecified atom stereocenters. The summed E-state index contributed by atoms with van der Waals surface area (Å²) in [5, 5.41) is 5.89. The van der Waals surface area contributed by atoms with Crippen molar-refractivity contribution >= 4 is 28.8 Å². The van der Waals surface area contributed by atoms with Crippen LogP contribution in [0.3, 0.4) is 0 Å². The first-order valence-electron chi connectivity index (χ1n) is 10.7. The van der Waals surface area contributed by atoms with E-state index in [9.17, 15) is 0 Å². The Morgan fingerprint density at radius 3 is 1.84 bits per heavy atom. The standard InChI is InChI=1S/C29H19NSi/c1-2-9-20(10-3-1)21-16-17-24-28(19-21)31(27-15-8-18-30-29(24)27)25-13-6-4-11-22(25)23-12-5-7-14-26(23)31/h1-19H. The molecule has 144 valence electrons. The van der Waals surface area contributed by atoms with Crippen LogP contribution in [0.15, 0.2) is 115 Å². The van der Waals surface area contributed by atoms with Crippen molar-refractivity contribution < 1.29 is 0 Å². The monoisotopic (exact) mass is 409 g/mol. The van der Waals surface area contributed by atoms with Crippen molar-refractivity contribution in [1.29, 1.82) is 0 Å². The zero-order chi connectivity index (χ0) is 20.4. The van der Waals surface area contributed by atoms with E-state index in [0.29, 0.717) is 0 Å². The van der Waals surface area contributed by atoms with Gasteiger partial charge in [0.1, 0.15) is 0 Å². The average Bonchev–Trinajstić information content (AvgIpc) is 3.32. The highest BCUT2D eigenvalue weighted by molar-refractivity contribution is 7.24.